The van der Waals surface area contributed by atoms with Crippen LogP contribution in [-0.4, -0.2) is 22.4 Å². The Balaban J connectivity index is 1.77. The highest BCUT2D eigenvalue weighted by atomic mass is 16.1. The molecule has 2 aromatic rings. The molecule has 4 rings (SSSR count). The first-order chi connectivity index (χ1) is 9.83. The Morgan fingerprint density at radius 2 is 2.00 bits per heavy atom. The number of H-pyrrole nitrogens is 1. The fraction of sp³-hybridized carbons (Fsp3) is 0.375. The Kier molecular flexibility index (Phi) is 2.62. The third-order valence-electron chi connectivity index (χ3n) is 4.66. The summed E-state index contributed by atoms with van der Waals surface area (Å²) in [5.41, 5.74) is 4.04. The Bertz CT molecular complexity index is 643. The van der Waals surface area contributed by atoms with E-state index in [9.17, 15) is 4.79 Å². The minimum Gasteiger partial charge on any atom is -0.357 e. The number of nitrogens with zero attached hydrogens (tertiary/aromatic N) is 1. The molecule has 1 amide bonds. The lowest BCUT2D eigenvalue weighted by molar-refractivity contribution is 0.0926. The molecule has 2 N–H and O–H groups in total. The molecule has 3 heterocycles. The lowest BCUT2D eigenvalue weighted by Crippen LogP contribution is -2.39. The van der Waals surface area contributed by atoms with E-state index in [0.717, 1.165) is 35.0 Å². The van der Waals surface area contributed by atoms with E-state index in [0.29, 0.717) is 5.92 Å². The van der Waals surface area contributed by atoms with Crippen LogP contribution in [0.2, 0.25) is 0 Å². The Morgan fingerprint density at radius 3 is 2.70 bits per heavy atom. The zero-order chi connectivity index (χ0) is 13.5. The molecular formula is C16H17N3O. The highest BCUT2D eigenvalue weighted by Gasteiger charge is 2.35. The number of carbonyl (C=O) groups excluding carboxylic acids is 1. The van der Waals surface area contributed by atoms with Crippen molar-refractivity contribution in [1.82, 2.24) is 15.3 Å². The van der Waals surface area contributed by atoms with Gasteiger partial charge < -0.3 is 10.3 Å². The summed E-state index contributed by atoms with van der Waals surface area (Å²) in [6, 6.07) is 5.91. The highest BCUT2D eigenvalue weighted by Crippen LogP contribution is 2.42. The van der Waals surface area contributed by atoms with Crippen LogP contribution in [0.1, 0.15) is 41.2 Å². The van der Waals surface area contributed by atoms with Gasteiger partial charge in [-0.15, -0.1) is 0 Å². The molecule has 0 bridgehead atoms. The molecule has 0 spiro atoms. The van der Waals surface area contributed by atoms with Gasteiger partial charge >= 0.3 is 0 Å². The van der Waals surface area contributed by atoms with E-state index in [4.69, 9.17) is 0 Å². The van der Waals surface area contributed by atoms with Crippen LogP contribution in [0.5, 0.6) is 0 Å². The summed E-state index contributed by atoms with van der Waals surface area (Å²) in [5.74, 6) is 1.22. The molecule has 2 aliphatic rings. The number of amides is 1. The van der Waals surface area contributed by atoms with Crippen LogP contribution >= 0.6 is 0 Å². The largest absolute Gasteiger partial charge is 0.357 e. The fourth-order valence-electron chi connectivity index (χ4n) is 3.28. The molecule has 20 heavy (non-hydrogen) atoms. The summed E-state index contributed by atoms with van der Waals surface area (Å²) < 4.78 is 0. The maximum absolute atomic E-state index is 12.1. The van der Waals surface area contributed by atoms with Gasteiger partial charge in [0, 0.05) is 41.8 Å². The van der Waals surface area contributed by atoms with Crippen LogP contribution in [0.15, 0.2) is 30.6 Å². The van der Waals surface area contributed by atoms with E-state index in [2.05, 4.69) is 15.3 Å². The molecule has 2 aromatic heterocycles. The van der Waals surface area contributed by atoms with Crippen LogP contribution in [0.25, 0.3) is 11.3 Å². The topological polar surface area (TPSA) is 57.8 Å². The normalized spacial score (nSPS) is 22.0. The second-order valence-corrected chi connectivity index (χ2v) is 5.75. The van der Waals surface area contributed by atoms with Crippen LogP contribution in [0, 0.1) is 5.92 Å². The summed E-state index contributed by atoms with van der Waals surface area (Å²) in [5, 5.41) is 3.03. The molecule has 0 aromatic carbocycles. The van der Waals surface area contributed by atoms with Crippen molar-refractivity contribution in [3.8, 4) is 11.3 Å². The monoisotopic (exact) mass is 267 g/mol. The molecule has 1 saturated carbocycles. The van der Waals surface area contributed by atoms with E-state index in [1.807, 2.05) is 18.2 Å². The molecule has 0 saturated heterocycles. The number of carbonyl (C=O) groups is 1. The third-order valence-corrected chi connectivity index (χ3v) is 4.66. The second-order valence-electron chi connectivity index (χ2n) is 5.75. The molecule has 102 valence electrons. The summed E-state index contributed by atoms with van der Waals surface area (Å²) in [7, 11) is 0. The predicted molar refractivity (Wildman–Crippen MR) is 76.4 cm³/mol. The second kappa shape index (κ2) is 4.47. The molecule has 1 atom stereocenters. The summed E-state index contributed by atoms with van der Waals surface area (Å²) >= 11 is 0. The van der Waals surface area contributed by atoms with Gasteiger partial charge in [0.15, 0.2) is 0 Å². The van der Waals surface area contributed by atoms with E-state index < -0.39 is 0 Å². The Hall–Kier alpha value is -2.10. The molecule has 1 aliphatic carbocycles. The zero-order valence-corrected chi connectivity index (χ0v) is 11.2. The van der Waals surface area contributed by atoms with Gasteiger partial charge in [-0.1, -0.05) is 6.42 Å². The van der Waals surface area contributed by atoms with Gasteiger partial charge in [-0.2, -0.15) is 0 Å². The fourth-order valence-corrected chi connectivity index (χ4v) is 3.28. The van der Waals surface area contributed by atoms with E-state index in [1.54, 1.807) is 12.4 Å². The first-order valence-corrected chi connectivity index (χ1v) is 7.24. The quantitative estimate of drug-likeness (QED) is 0.879. The van der Waals surface area contributed by atoms with Gasteiger partial charge in [-0.05, 0) is 37.0 Å². The molecule has 4 nitrogen and oxygen atoms in total. The maximum Gasteiger partial charge on any atom is 0.253 e. The van der Waals surface area contributed by atoms with Crippen LogP contribution in [0.3, 0.4) is 0 Å². The van der Waals surface area contributed by atoms with E-state index in [1.165, 1.54) is 19.3 Å². The number of rotatable bonds is 2. The predicted octanol–water partition coefficient (Wildman–Crippen LogP) is 2.70. The molecule has 1 fully saturated rings. The van der Waals surface area contributed by atoms with Crippen molar-refractivity contribution in [2.45, 2.75) is 25.2 Å². The van der Waals surface area contributed by atoms with Gasteiger partial charge in [-0.3, -0.25) is 9.78 Å². The number of nitrogens with one attached hydrogen (secondary N) is 2. The van der Waals surface area contributed by atoms with Crippen molar-refractivity contribution < 1.29 is 4.79 Å². The smallest absolute Gasteiger partial charge is 0.253 e. The number of aromatic amines is 1. The maximum atomic E-state index is 12.1. The number of pyridine rings is 1. The lowest BCUT2D eigenvalue weighted by atomic mass is 9.73. The standard InChI is InChI=1S/C16H17N3O/c20-16-12-8-14(11-4-6-17-7-5-11)19-15(12)13(9-18-16)10-2-1-3-10/h4-8,10,13,19H,1-3,9H2,(H,18,20). The molecule has 0 radical (unpaired) electrons. The van der Waals surface area contributed by atoms with E-state index >= 15 is 0 Å². The molecule has 1 unspecified atom stereocenters. The first-order valence-electron chi connectivity index (χ1n) is 7.24. The van der Waals surface area contributed by atoms with E-state index in [-0.39, 0.29) is 5.91 Å². The van der Waals surface area contributed by atoms with Crippen molar-refractivity contribution >= 4 is 5.91 Å². The minimum atomic E-state index is 0.0483. The highest BCUT2D eigenvalue weighted by molar-refractivity contribution is 5.98. The number of hydrogen-bond acceptors (Lipinski definition) is 2. The van der Waals surface area contributed by atoms with Crippen molar-refractivity contribution in [1.29, 1.82) is 0 Å². The SMILES string of the molecule is O=C1NCC(C2CCC2)c2[nH]c(-c3ccncc3)cc21. The van der Waals surface area contributed by atoms with Crippen LogP contribution in [0.4, 0.5) is 0 Å². The molecule has 4 heteroatoms. The third kappa shape index (κ3) is 1.75. The average Bonchev–Trinajstić information content (AvgIpc) is 2.87. The summed E-state index contributed by atoms with van der Waals surface area (Å²) in [6.45, 7) is 0.771. The van der Waals surface area contributed by atoms with Gasteiger partial charge in [0.2, 0.25) is 0 Å². The van der Waals surface area contributed by atoms with Crippen molar-refractivity contribution in [3.63, 3.8) is 0 Å². The molecule has 1 aliphatic heterocycles. The van der Waals surface area contributed by atoms with Gasteiger partial charge in [0.1, 0.15) is 0 Å². The Morgan fingerprint density at radius 1 is 1.20 bits per heavy atom. The number of aromatic nitrogens is 2. The first kappa shape index (κ1) is 11.7. The lowest BCUT2D eigenvalue weighted by Gasteiger charge is -2.36. The van der Waals surface area contributed by atoms with Crippen molar-refractivity contribution in [2.75, 3.05) is 6.54 Å². The average molecular weight is 267 g/mol. The molecular weight excluding hydrogens is 250 g/mol. The Labute approximate surface area is 117 Å². The number of fused-ring (bicyclic) bond motifs is 1. The minimum absolute atomic E-state index is 0.0483. The van der Waals surface area contributed by atoms with Gasteiger partial charge in [0.05, 0.1) is 5.56 Å². The summed E-state index contributed by atoms with van der Waals surface area (Å²) in [6.07, 6.45) is 7.44. The number of hydrogen-bond donors (Lipinski definition) is 2. The van der Waals surface area contributed by atoms with Crippen molar-refractivity contribution in [2.24, 2.45) is 5.92 Å². The summed E-state index contributed by atoms with van der Waals surface area (Å²) in [4.78, 5) is 19.6. The van der Waals surface area contributed by atoms with Crippen LogP contribution < -0.4 is 5.32 Å². The van der Waals surface area contributed by atoms with Gasteiger partial charge in [0.25, 0.3) is 5.91 Å². The van der Waals surface area contributed by atoms with Crippen molar-refractivity contribution in [3.05, 3.63) is 41.9 Å². The van der Waals surface area contributed by atoms with Crippen LogP contribution in [-0.2, 0) is 0 Å². The zero-order valence-electron chi connectivity index (χ0n) is 11.2. The van der Waals surface area contributed by atoms with Gasteiger partial charge in [-0.25, -0.2) is 0 Å².